The molecule has 0 radical (unpaired) electrons. The highest BCUT2D eigenvalue weighted by molar-refractivity contribution is 7.89. The lowest BCUT2D eigenvalue weighted by molar-refractivity contribution is 0.0954. The third-order valence-corrected chi connectivity index (χ3v) is 7.51. The Morgan fingerprint density at radius 2 is 1.74 bits per heavy atom. The molecular formula is C20H29N3O3S. The summed E-state index contributed by atoms with van der Waals surface area (Å²) in [5.41, 5.74) is 3.96. The zero-order chi connectivity index (χ0) is 19.4. The number of sulfonamides is 1. The summed E-state index contributed by atoms with van der Waals surface area (Å²) in [6, 6.07) is 6.24. The van der Waals surface area contributed by atoms with Crippen LogP contribution in [0.25, 0.3) is 0 Å². The molecule has 3 rings (SSSR count). The minimum Gasteiger partial charge on any atom is -0.267 e. The van der Waals surface area contributed by atoms with Crippen LogP contribution < -0.4 is 5.43 Å². The second-order valence-corrected chi connectivity index (χ2v) is 9.64. The third-order valence-electron chi connectivity index (χ3n) is 5.62. The lowest BCUT2D eigenvalue weighted by Gasteiger charge is -2.26. The molecule has 1 aromatic rings. The van der Waals surface area contributed by atoms with Crippen molar-refractivity contribution < 1.29 is 13.2 Å². The Balaban J connectivity index is 1.75. The second kappa shape index (κ2) is 8.52. The number of rotatable bonds is 4. The molecule has 7 heteroatoms. The molecule has 0 unspecified atom stereocenters. The van der Waals surface area contributed by atoms with Crippen LogP contribution in [0.15, 0.2) is 34.3 Å². The van der Waals surface area contributed by atoms with E-state index in [2.05, 4.69) is 24.4 Å². The molecule has 6 nitrogen and oxygen atoms in total. The molecule has 2 aliphatic rings. The van der Waals surface area contributed by atoms with Crippen molar-refractivity contribution in [2.75, 3.05) is 13.1 Å². The molecule has 1 amide bonds. The minimum absolute atomic E-state index is 0.170. The van der Waals surface area contributed by atoms with Crippen LogP contribution in [0.5, 0.6) is 0 Å². The highest BCUT2D eigenvalue weighted by atomic mass is 32.2. The highest BCUT2D eigenvalue weighted by Gasteiger charge is 2.27. The monoisotopic (exact) mass is 391 g/mol. The van der Waals surface area contributed by atoms with Crippen molar-refractivity contribution in [1.29, 1.82) is 0 Å². The van der Waals surface area contributed by atoms with Gasteiger partial charge in [-0.25, -0.2) is 13.8 Å². The normalized spacial score (nSPS) is 24.4. The van der Waals surface area contributed by atoms with Gasteiger partial charge < -0.3 is 0 Å². The van der Waals surface area contributed by atoms with E-state index in [0.717, 1.165) is 37.8 Å². The van der Waals surface area contributed by atoms with Crippen molar-refractivity contribution in [3.63, 3.8) is 0 Å². The van der Waals surface area contributed by atoms with Gasteiger partial charge in [-0.15, -0.1) is 0 Å². The van der Waals surface area contributed by atoms with E-state index >= 15 is 0 Å². The van der Waals surface area contributed by atoms with Gasteiger partial charge in [0.1, 0.15) is 0 Å². The van der Waals surface area contributed by atoms with Gasteiger partial charge in [-0.1, -0.05) is 32.8 Å². The predicted octanol–water partition coefficient (Wildman–Crippen LogP) is 3.40. The number of hydrazone groups is 1. The summed E-state index contributed by atoms with van der Waals surface area (Å²) in [6.07, 6.45) is 6.18. The fraction of sp³-hybridized carbons (Fsp3) is 0.600. The first-order valence-corrected chi connectivity index (χ1v) is 11.3. The summed E-state index contributed by atoms with van der Waals surface area (Å²) in [6.45, 7) is 5.35. The molecule has 1 heterocycles. The Labute approximate surface area is 162 Å². The SMILES string of the molecule is C[C@H]1CCC[C@H](C)C1=NNC(=O)c1cccc(S(=O)(=O)N2CCCCC2)c1. The fourth-order valence-electron chi connectivity index (χ4n) is 3.96. The molecule has 0 bridgehead atoms. The average molecular weight is 392 g/mol. The van der Waals surface area contributed by atoms with E-state index in [1.165, 1.54) is 16.8 Å². The van der Waals surface area contributed by atoms with Crippen molar-refractivity contribution in [2.45, 2.75) is 57.3 Å². The van der Waals surface area contributed by atoms with Crippen LogP contribution in [0.4, 0.5) is 0 Å². The summed E-state index contributed by atoms with van der Waals surface area (Å²) < 4.78 is 27.2. The van der Waals surface area contributed by atoms with E-state index in [1.54, 1.807) is 18.2 Å². The van der Waals surface area contributed by atoms with Crippen LogP contribution in [0.3, 0.4) is 0 Å². The third kappa shape index (κ3) is 4.58. The number of carbonyl (C=O) groups is 1. The van der Waals surface area contributed by atoms with Crippen molar-refractivity contribution in [3.8, 4) is 0 Å². The van der Waals surface area contributed by atoms with E-state index < -0.39 is 10.0 Å². The first-order valence-electron chi connectivity index (χ1n) is 9.87. The summed E-state index contributed by atoms with van der Waals surface area (Å²) >= 11 is 0. The molecule has 148 valence electrons. The number of hydrogen-bond acceptors (Lipinski definition) is 4. The zero-order valence-electron chi connectivity index (χ0n) is 16.1. The van der Waals surface area contributed by atoms with Gasteiger partial charge in [-0.2, -0.15) is 9.41 Å². The number of carbonyl (C=O) groups excluding carboxylic acids is 1. The van der Waals surface area contributed by atoms with E-state index in [1.807, 2.05) is 0 Å². The van der Waals surface area contributed by atoms with Crippen LogP contribution >= 0.6 is 0 Å². The van der Waals surface area contributed by atoms with Crippen molar-refractivity contribution >= 4 is 21.6 Å². The van der Waals surface area contributed by atoms with Crippen LogP contribution in [0.1, 0.15) is 62.7 Å². The van der Waals surface area contributed by atoms with Gasteiger partial charge in [-0.3, -0.25) is 4.79 Å². The van der Waals surface area contributed by atoms with Crippen molar-refractivity contribution in [2.24, 2.45) is 16.9 Å². The van der Waals surface area contributed by atoms with E-state index in [0.29, 0.717) is 30.5 Å². The molecule has 0 spiro atoms. The summed E-state index contributed by atoms with van der Waals surface area (Å²) in [5.74, 6) is 0.350. The van der Waals surface area contributed by atoms with Crippen LogP contribution in [0, 0.1) is 11.8 Å². The smallest absolute Gasteiger partial charge is 0.267 e. The quantitative estimate of drug-likeness (QED) is 0.799. The average Bonchev–Trinajstić information content (AvgIpc) is 2.68. The Morgan fingerprint density at radius 3 is 2.41 bits per heavy atom. The van der Waals surface area contributed by atoms with Crippen LogP contribution in [-0.4, -0.2) is 37.4 Å². The van der Waals surface area contributed by atoms with Gasteiger partial charge in [0.05, 0.1) is 4.90 Å². The van der Waals surface area contributed by atoms with Crippen molar-refractivity contribution in [3.05, 3.63) is 29.8 Å². The maximum Gasteiger partial charge on any atom is 0.271 e. The molecule has 2 atom stereocenters. The van der Waals surface area contributed by atoms with Gasteiger partial charge in [0.25, 0.3) is 5.91 Å². The second-order valence-electron chi connectivity index (χ2n) is 7.70. The number of hydrogen-bond donors (Lipinski definition) is 1. The van der Waals surface area contributed by atoms with Crippen LogP contribution in [0.2, 0.25) is 0 Å². The summed E-state index contributed by atoms with van der Waals surface area (Å²) in [5, 5.41) is 4.36. The lowest BCUT2D eigenvalue weighted by atomic mass is 9.81. The Morgan fingerprint density at radius 1 is 1.07 bits per heavy atom. The summed E-state index contributed by atoms with van der Waals surface area (Å²) in [4.78, 5) is 12.7. The summed E-state index contributed by atoms with van der Waals surface area (Å²) in [7, 11) is -3.55. The number of nitrogens with one attached hydrogen (secondary N) is 1. The Hall–Kier alpha value is -1.73. The van der Waals surface area contributed by atoms with E-state index in [4.69, 9.17) is 0 Å². The topological polar surface area (TPSA) is 78.8 Å². The molecule has 1 aliphatic heterocycles. The van der Waals surface area contributed by atoms with Gasteiger partial charge in [0, 0.05) is 24.4 Å². The Bertz CT molecular complexity index is 802. The maximum atomic E-state index is 12.8. The molecular weight excluding hydrogens is 362 g/mol. The number of benzene rings is 1. The van der Waals surface area contributed by atoms with Gasteiger partial charge >= 0.3 is 0 Å². The zero-order valence-corrected chi connectivity index (χ0v) is 17.0. The first-order chi connectivity index (χ1) is 12.9. The van der Waals surface area contributed by atoms with Gasteiger partial charge in [0.2, 0.25) is 10.0 Å². The number of piperidine rings is 1. The molecule has 2 fully saturated rings. The maximum absolute atomic E-state index is 12.8. The Kier molecular flexibility index (Phi) is 6.32. The molecule has 1 aromatic carbocycles. The predicted molar refractivity (Wildman–Crippen MR) is 106 cm³/mol. The largest absolute Gasteiger partial charge is 0.271 e. The van der Waals surface area contributed by atoms with Gasteiger partial charge in [-0.05, 0) is 55.7 Å². The van der Waals surface area contributed by atoms with Gasteiger partial charge in [0.15, 0.2) is 0 Å². The first kappa shape index (κ1) is 20.0. The van der Waals surface area contributed by atoms with Crippen molar-refractivity contribution in [1.82, 2.24) is 9.73 Å². The molecule has 27 heavy (non-hydrogen) atoms. The number of nitrogens with zero attached hydrogens (tertiary/aromatic N) is 2. The minimum atomic E-state index is -3.55. The molecule has 0 aromatic heterocycles. The standard InChI is InChI=1S/C20H29N3O3S/c1-15-8-6-9-16(2)19(15)21-22-20(24)17-10-7-11-18(14-17)27(25,26)23-12-4-3-5-13-23/h7,10-11,14-16H,3-6,8-9,12-13H2,1-2H3,(H,22,24)/t15-,16-/m0/s1. The molecule has 1 saturated heterocycles. The van der Waals surface area contributed by atoms with E-state index in [9.17, 15) is 13.2 Å². The fourth-order valence-corrected chi connectivity index (χ4v) is 5.53. The lowest BCUT2D eigenvalue weighted by Crippen LogP contribution is -2.35. The van der Waals surface area contributed by atoms with E-state index in [-0.39, 0.29) is 10.8 Å². The van der Waals surface area contributed by atoms with Crippen LogP contribution in [-0.2, 0) is 10.0 Å². The number of amides is 1. The molecule has 1 saturated carbocycles. The molecule has 1 aliphatic carbocycles. The molecule has 1 N–H and O–H groups in total. The highest BCUT2D eigenvalue weighted by Crippen LogP contribution is 2.26.